The fourth-order valence-corrected chi connectivity index (χ4v) is 1.23. The van der Waals surface area contributed by atoms with Gasteiger partial charge in [-0.2, -0.15) is 5.26 Å². The van der Waals surface area contributed by atoms with E-state index in [2.05, 4.69) is 24.4 Å². The van der Waals surface area contributed by atoms with Crippen LogP contribution in [-0.4, -0.2) is 6.04 Å². The summed E-state index contributed by atoms with van der Waals surface area (Å²) in [6.45, 7) is 3.96. The zero-order valence-electron chi connectivity index (χ0n) is 8.04. The molecule has 0 saturated carbocycles. The molecule has 13 heavy (non-hydrogen) atoms. The summed E-state index contributed by atoms with van der Waals surface area (Å²) < 4.78 is 0. The van der Waals surface area contributed by atoms with E-state index < -0.39 is 0 Å². The highest BCUT2D eigenvalue weighted by molar-refractivity contribution is 5.52. The Kier molecular flexibility index (Phi) is 3.33. The highest BCUT2D eigenvalue weighted by Gasteiger charge is 2.02. The summed E-state index contributed by atoms with van der Waals surface area (Å²) in [7, 11) is 0. The monoisotopic (exact) mass is 174 g/mol. The SMILES string of the molecule is CCc1ccccc1NC(C)C#N. The van der Waals surface area contributed by atoms with E-state index in [1.54, 1.807) is 0 Å². The maximum Gasteiger partial charge on any atom is 0.111 e. The van der Waals surface area contributed by atoms with Crippen molar-refractivity contribution in [1.29, 1.82) is 5.26 Å². The van der Waals surface area contributed by atoms with E-state index in [-0.39, 0.29) is 6.04 Å². The van der Waals surface area contributed by atoms with Crippen LogP contribution in [0.2, 0.25) is 0 Å². The molecule has 0 aromatic heterocycles. The van der Waals surface area contributed by atoms with Gasteiger partial charge in [0.25, 0.3) is 0 Å². The van der Waals surface area contributed by atoms with Gasteiger partial charge in [0.2, 0.25) is 0 Å². The van der Waals surface area contributed by atoms with Gasteiger partial charge in [-0.1, -0.05) is 25.1 Å². The van der Waals surface area contributed by atoms with Crippen molar-refractivity contribution < 1.29 is 0 Å². The highest BCUT2D eigenvalue weighted by atomic mass is 14.9. The summed E-state index contributed by atoms with van der Waals surface area (Å²) in [6.07, 6.45) is 0.987. The minimum Gasteiger partial charge on any atom is -0.370 e. The molecule has 0 aliphatic heterocycles. The average molecular weight is 174 g/mol. The second kappa shape index (κ2) is 4.51. The first kappa shape index (κ1) is 9.60. The molecule has 0 aliphatic rings. The van der Waals surface area contributed by atoms with Crippen LogP contribution in [0, 0.1) is 11.3 Å². The van der Waals surface area contributed by atoms with Crippen LogP contribution in [0.25, 0.3) is 0 Å². The number of hydrogen-bond donors (Lipinski definition) is 1. The predicted octanol–water partition coefficient (Wildman–Crippen LogP) is 2.57. The first-order chi connectivity index (χ1) is 6.27. The second-order valence-corrected chi connectivity index (χ2v) is 3.01. The molecule has 0 spiro atoms. The van der Waals surface area contributed by atoms with Crippen molar-refractivity contribution in [3.63, 3.8) is 0 Å². The van der Waals surface area contributed by atoms with E-state index in [4.69, 9.17) is 5.26 Å². The predicted molar refractivity (Wildman–Crippen MR) is 54.5 cm³/mol. The van der Waals surface area contributed by atoms with Crippen molar-refractivity contribution >= 4 is 5.69 Å². The van der Waals surface area contributed by atoms with Gasteiger partial charge >= 0.3 is 0 Å². The molecule has 2 nitrogen and oxygen atoms in total. The summed E-state index contributed by atoms with van der Waals surface area (Å²) >= 11 is 0. The summed E-state index contributed by atoms with van der Waals surface area (Å²) in [4.78, 5) is 0. The number of nitrogens with zero attached hydrogens (tertiary/aromatic N) is 1. The first-order valence-corrected chi connectivity index (χ1v) is 4.52. The smallest absolute Gasteiger partial charge is 0.111 e. The van der Waals surface area contributed by atoms with E-state index in [1.807, 2.05) is 25.1 Å². The molecule has 0 radical (unpaired) electrons. The Morgan fingerprint density at radius 2 is 2.15 bits per heavy atom. The minimum atomic E-state index is -0.132. The molecule has 2 heteroatoms. The molecule has 1 atom stereocenters. The molecule has 0 bridgehead atoms. The van der Waals surface area contributed by atoms with Crippen LogP contribution in [0.15, 0.2) is 24.3 Å². The van der Waals surface area contributed by atoms with Crippen LogP contribution in [0.1, 0.15) is 19.4 Å². The van der Waals surface area contributed by atoms with Gasteiger partial charge in [-0.3, -0.25) is 0 Å². The highest BCUT2D eigenvalue weighted by Crippen LogP contribution is 2.15. The molecule has 0 aliphatic carbocycles. The summed E-state index contributed by atoms with van der Waals surface area (Å²) in [6, 6.07) is 10.1. The van der Waals surface area contributed by atoms with Crippen molar-refractivity contribution in [2.45, 2.75) is 26.3 Å². The van der Waals surface area contributed by atoms with Gasteiger partial charge < -0.3 is 5.32 Å². The number of nitriles is 1. The minimum absolute atomic E-state index is 0.132. The Labute approximate surface area is 79.2 Å². The molecule has 0 heterocycles. The average Bonchev–Trinajstić information content (AvgIpc) is 2.18. The Hall–Kier alpha value is -1.49. The maximum absolute atomic E-state index is 8.65. The van der Waals surface area contributed by atoms with Gasteiger partial charge in [0, 0.05) is 5.69 Å². The van der Waals surface area contributed by atoms with E-state index in [0.717, 1.165) is 12.1 Å². The van der Waals surface area contributed by atoms with Gasteiger partial charge in [0.1, 0.15) is 6.04 Å². The topological polar surface area (TPSA) is 35.8 Å². The molecular formula is C11H14N2. The van der Waals surface area contributed by atoms with Crippen LogP contribution in [0.4, 0.5) is 5.69 Å². The van der Waals surface area contributed by atoms with Gasteiger partial charge in [-0.15, -0.1) is 0 Å². The summed E-state index contributed by atoms with van der Waals surface area (Å²) in [5.74, 6) is 0. The van der Waals surface area contributed by atoms with E-state index in [9.17, 15) is 0 Å². The van der Waals surface area contributed by atoms with Gasteiger partial charge in [-0.05, 0) is 25.0 Å². The van der Waals surface area contributed by atoms with Crippen LogP contribution in [-0.2, 0) is 6.42 Å². The molecule has 1 unspecified atom stereocenters. The molecule has 1 rings (SSSR count). The Morgan fingerprint density at radius 3 is 2.77 bits per heavy atom. The number of hydrogen-bond acceptors (Lipinski definition) is 2. The molecule has 1 N–H and O–H groups in total. The third-order valence-electron chi connectivity index (χ3n) is 1.96. The number of benzene rings is 1. The fraction of sp³-hybridized carbons (Fsp3) is 0.364. The zero-order chi connectivity index (χ0) is 9.68. The van der Waals surface area contributed by atoms with E-state index in [1.165, 1.54) is 5.56 Å². The lowest BCUT2D eigenvalue weighted by atomic mass is 10.1. The number of para-hydroxylation sites is 1. The third-order valence-corrected chi connectivity index (χ3v) is 1.96. The van der Waals surface area contributed by atoms with E-state index >= 15 is 0 Å². The van der Waals surface area contributed by atoms with Crippen molar-refractivity contribution in [3.8, 4) is 6.07 Å². The summed E-state index contributed by atoms with van der Waals surface area (Å²) in [5, 5.41) is 11.8. The first-order valence-electron chi connectivity index (χ1n) is 4.52. The van der Waals surface area contributed by atoms with Crippen LogP contribution in [0.3, 0.4) is 0 Å². The standard InChI is InChI=1S/C11H14N2/c1-3-10-6-4-5-7-11(10)13-9(2)8-12/h4-7,9,13H,3H2,1-2H3. The van der Waals surface area contributed by atoms with Crippen LogP contribution >= 0.6 is 0 Å². The van der Waals surface area contributed by atoms with Gasteiger partial charge in [-0.25, -0.2) is 0 Å². The number of nitrogens with one attached hydrogen (secondary N) is 1. The van der Waals surface area contributed by atoms with Crippen molar-refractivity contribution in [2.24, 2.45) is 0 Å². The molecule has 0 saturated heterocycles. The van der Waals surface area contributed by atoms with E-state index in [0.29, 0.717) is 0 Å². The molecule has 68 valence electrons. The molecule has 0 fully saturated rings. The normalized spacial score (nSPS) is 11.8. The zero-order valence-corrected chi connectivity index (χ0v) is 8.04. The lowest BCUT2D eigenvalue weighted by Crippen LogP contribution is -2.13. The Morgan fingerprint density at radius 1 is 1.46 bits per heavy atom. The lowest BCUT2D eigenvalue weighted by molar-refractivity contribution is 0.997. The molecule has 1 aromatic rings. The lowest BCUT2D eigenvalue weighted by Gasteiger charge is -2.11. The Balaban J connectivity index is 2.82. The van der Waals surface area contributed by atoms with Crippen molar-refractivity contribution in [2.75, 3.05) is 5.32 Å². The molecular weight excluding hydrogens is 160 g/mol. The quantitative estimate of drug-likeness (QED) is 0.764. The van der Waals surface area contributed by atoms with Gasteiger partial charge in [0.05, 0.1) is 6.07 Å². The van der Waals surface area contributed by atoms with Gasteiger partial charge in [0.15, 0.2) is 0 Å². The second-order valence-electron chi connectivity index (χ2n) is 3.01. The Bertz CT molecular complexity index is 312. The summed E-state index contributed by atoms with van der Waals surface area (Å²) in [5.41, 5.74) is 2.32. The van der Waals surface area contributed by atoms with Crippen molar-refractivity contribution in [1.82, 2.24) is 0 Å². The number of rotatable bonds is 3. The van der Waals surface area contributed by atoms with Crippen LogP contribution in [0.5, 0.6) is 0 Å². The fourth-order valence-electron chi connectivity index (χ4n) is 1.23. The van der Waals surface area contributed by atoms with Crippen molar-refractivity contribution in [3.05, 3.63) is 29.8 Å². The number of anilines is 1. The third kappa shape index (κ3) is 2.48. The largest absolute Gasteiger partial charge is 0.370 e. The number of aryl methyl sites for hydroxylation is 1. The maximum atomic E-state index is 8.65. The molecule has 1 aromatic carbocycles. The van der Waals surface area contributed by atoms with Crippen LogP contribution < -0.4 is 5.32 Å². The molecule has 0 amide bonds.